The first-order chi connectivity index (χ1) is 7.58. The van der Waals surface area contributed by atoms with Gasteiger partial charge in [-0.1, -0.05) is 13.8 Å². The minimum absolute atomic E-state index is 0.00158. The van der Waals surface area contributed by atoms with E-state index in [1.165, 1.54) is 11.5 Å². The Morgan fingerprint density at radius 3 is 2.81 bits per heavy atom. The molecule has 0 aromatic carbocycles. The van der Waals surface area contributed by atoms with Crippen LogP contribution in [-0.2, 0) is 4.79 Å². The lowest BCUT2D eigenvalue weighted by Crippen LogP contribution is -2.24. The minimum Gasteiger partial charge on any atom is -0.315 e. The van der Waals surface area contributed by atoms with Crippen LogP contribution in [0.4, 0.5) is 5.13 Å². The molecule has 1 rings (SSSR count). The van der Waals surface area contributed by atoms with Crippen molar-refractivity contribution in [3.05, 3.63) is 5.82 Å². The molecule has 0 fully saturated rings. The van der Waals surface area contributed by atoms with Gasteiger partial charge < -0.3 is 10.6 Å². The molecule has 1 aromatic rings. The van der Waals surface area contributed by atoms with Gasteiger partial charge in [0, 0.05) is 24.0 Å². The zero-order valence-corrected chi connectivity index (χ0v) is 10.7. The molecule has 16 heavy (non-hydrogen) atoms. The normalized spacial score (nSPS) is 10.8. The van der Waals surface area contributed by atoms with Crippen LogP contribution in [0.3, 0.4) is 0 Å². The Balaban J connectivity index is 2.16. The predicted octanol–water partition coefficient (Wildman–Crippen LogP) is 1.56. The Hall–Kier alpha value is -1.01. The van der Waals surface area contributed by atoms with Gasteiger partial charge in [-0.3, -0.25) is 4.79 Å². The van der Waals surface area contributed by atoms with E-state index in [4.69, 9.17) is 0 Å². The molecule has 0 aliphatic carbocycles. The van der Waals surface area contributed by atoms with Gasteiger partial charge in [0.25, 0.3) is 0 Å². The summed E-state index contributed by atoms with van der Waals surface area (Å²) >= 11 is 1.21. The molecule has 1 heterocycles. The second-order valence-corrected chi connectivity index (χ2v) is 4.66. The van der Waals surface area contributed by atoms with Crippen LogP contribution >= 0.6 is 11.5 Å². The van der Waals surface area contributed by atoms with Gasteiger partial charge in [0.15, 0.2) is 0 Å². The molecule has 0 aliphatic rings. The Bertz CT molecular complexity index is 337. The monoisotopic (exact) mass is 242 g/mol. The maximum atomic E-state index is 11.5. The third-order valence-corrected chi connectivity index (χ3v) is 2.63. The highest BCUT2D eigenvalue weighted by Gasteiger charge is 2.05. The van der Waals surface area contributed by atoms with Crippen molar-refractivity contribution in [1.82, 2.24) is 14.7 Å². The summed E-state index contributed by atoms with van der Waals surface area (Å²) < 4.78 is 3.99. The van der Waals surface area contributed by atoms with E-state index < -0.39 is 0 Å². The maximum Gasteiger partial charge on any atom is 0.226 e. The zero-order valence-electron chi connectivity index (χ0n) is 9.91. The Labute approximate surface area is 99.8 Å². The molecular formula is C10H18N4OS. The minimum atomic E-state index is 0.00158. The van der Waals surface area contributed by atoms with Crippen molar-refractivity contribution < 1.29 is 4.79 Å². The summed E-state index contributed by atoms with van der Waals surface area (Å²) in [4.78, 5) is 15.5. The lowest BCUT2D eigenvalue weighted by atomic mass is 10.3. The largest absolute Gasteiger partial charge is 0.315 e. The fourth-order valence-electron chi connectivity index (χ4n) is 1.17. The van der Waals surface area contributed by atoms with E-state index in [1.807, 2.05) is 0 Å². The quantitative estimate of drug-likeness (QED) is 0.743. The summed E-state index contributed by atoms with van der Waals surface area (Å²) in [6.45, 7) is 6.84. The number of hydrogen-bond acceptors (Lipinski definition) is 5. The van der Waals surface area contributed by atoms with Crippen molar-refractivity contribution in [2.45, 2.75) is 39.7 Å². The number of nitrogens with one attached hydrogen (secondary N) is 2. The van der Waals surface area contributed by atoms with E-state index >= 15 is 0 Å². The molecule has 0 unspecified atom stereocenters. The van der Waals surface area contributed by atoms with Crippen LogP contribution in [0.5, 0.6) is 0 Å². The highest BCUT2D eigenvalue weighted by Crippen LogP contribution is 2.10. The van der Waals surface area contributed by atoms with Crippen molar-refractivity contribution >= 4 is 22.6 Å². The van der Waals surface area contributed by atoms with Crippen LogP contribution in [-0.4, -0.2) is 27.9 Å². The van der Waals surface area contributed by atoms with Gasteiger partial charge in [0.1, 0.15) is 5.82 Å². The summed E-state index contributed by atoms with van der Waals surface area (Å²) in [7, 11) is 0. The SMILES string of the molecule is Cc1nsc(NC(=O)CCCNC(C)C)n1. The van der Waals surface area contributed by atoms with Crippen molar-refractivity contribution in [3.8, 4) is 0 Å². The summed E-state index contributed by atoms with van der Waals surface area (Å²) in [5.74, 6) is 0.698. The second-order valence-electron chi connectivity index (χ2n) is 3.91. The molecule has 1 amide bonds. The molecule has 0 aliphatic heterocycles. The van der Waals surface area contributed by atoms with Gasteiger partial charge in [-0.05, 0) is 19.9 Å². The van der Waals surface area contributed by atoms with Crippen LogP contribution in [0.25, 0.3) is 0 Å². The van der Waals surface area contributed by atoms with E-state index in [0.29, 0.717) is 23.4 Å². The van der Waals surface area contributed by atoms with Crippen molar-refractivity contribution in [2.24, 2.45) is 0 Å². The second kappa shape index (κ2) is 6.55. The van der Waals surface area contributed by atoms with Gasteiger partial charge in [-0.25, -0.2) is 4.98 Å². The highest BCUT2D eigenvalue weighted by molar-refractivity contribution is 7.09. The van der Waals surface area contributed by atoms with Crippen LogP contribution in [0.15, 0.2) is 0 Å². The molecule has 0 atom stereocenters. The van der Waals surface area contributed by atoms with E-state index in [9.17, 15) is 4.79 Å². The molecule has 90 valence electrons. The predicted molar refractivity (Wildman–Crippen MR) is 65.6 cm³/mol. The molecule has 6 heteroatoms. The summed E-state index contributed by atoms with van der Waals surface area (Å²) in [6.07, 6.45) is 1.35. The molecule has 5 nitrogen and oxygen atoms in total. The smallest absolute Gasteiger partial charge is 0.226 e. The molecule has 0 saturated carbocycles. The number of amides is 1. The number of nitrogens with zero attached hydrogens (tertiary/aromatic N) is 2. The number of hydrogen-bond donors (Lipinski definition) is 2. The van der Waals surface area contributed by atoms with E-state index in [2.05, 4.69) is 33.8 Å². The van der Waals surface area contributed by atoms with Gasteiger partial charge in [-0.15, -0.1) is 0 Å². The Morgan fingerprint density at radius 2 is 2.25 bits per heavy atom. The van der Waals surface area contributed by atoms with Crippen LogP contribution in [0.2, 0.25) is 0 Å². The highest BCUT2D eigenvalue weighted by atomic mass is 32.1. The third-order valence-electron chi connectivity index (χ3n) is 1.91. The third kappa shape index (κ3) is 5.18. The molecule has 0 radical (unpaired) electrons. The van der Waals surface area contributed by atoms with E-state index in [0.717, 1.165) is 13.0 Å². The maximum absolute atomic E-state index is 11.5. The number of anilines is 1. The van der Waals surface area contributed by atoms with Crippen molar-refractivity contribution in [2.75, 3.05) is 11.9 Å². The Kier molecular flexibility index (Phi) is 5.34. The first kappa shape index (κ1) is 13.1. The zero-order chi connectivity index (χ0) is 12.0. The van der Waals surface area contributed by atoms with Crippen LogP contribution in [0.1, 0.15) is 32.5 Å². The van der Waals surface area contributed by atoms with Gasteiger partial charge in [-0.2, -0.15) is 4.37 Å². The molecule has 0 bridgehead atoms. The standard InChI is InChI=1S/C10H18N4OS/c1-7(2)11-6-4-5-9(15)13-10-12-8(3)14-16-10/h7,11H,4-6H2,1-3H3,(H,12,13,14,15). The molecular weight excluding hydrogens is 224 g/mol. The molecule has 0 saturated heterocycles. The van der Waals surface area contributed by atoms with Crippen LogP contribution in [0, 0.1) is 6.92 Å². The fraction of sp³-hybridized carbons (Fsp3) is 0.700. The van der Waals surface area contributed by atoms with Crippen molar-refractivity contribution in [1.29, 1.82) is 0 Å². The lowest BCUT2D eigenvalue weighted by molar-refractivity contribution is -0.116. The first-order valence-corrected chi connectivity index (χ1v) is 6.19. The molecule has 2 N–H and O–H groups in total. The van der Waals surface area contributed by atoms with E-state index in [-0.39, 0.29) is 5.91 Å². The lowest BCUT2D eigenvalue weighted by Gasteiger charge is -2.06. The van der Waals surface area contributed by atoms with E-state index in [1.54, 1.807) is 6.92 Å². The average Bonchev–Trinajstić information content (AvgIpc) is 2.58. The fourth-order valence-corrected chi connectivity index (χ4v) is 1.76. The average molecular weight is 242 g/mol. The first-order valence-electron chi connectivity index (χ1n) is 5.41. The molecule has 1 aromatic heterocycles. The summed E-state index contributed by atoms with van der Waals surface area (Å²) in [5.41, 5.74) is 0. The molecule has 0 spiro atoms. The van der Waals surface area contributed by atoms with Gasteiger partial charge >= 0.3 is 0 Å². The van der Waals surface area contributed by atoms with Crippen molar-refractivity contribution in [3.63, 3.8) is 0 Å². The summed E-state index contributed by atoms with van der Waals surface area (Å²) in [5, 5.41) is 6.58. The van der Waals surface area contributed by atoms with Gasteiger partial charge in [0.05, 0.1) is 0 Å². The van der Waals surface area contributed by atoms with Crippen LogP contribution < -0.4 is 10.6 Å². The number of aromatic nitrogens is 2. The topological polar surface area (TPSA) is 66.9 Å². The van der Waals surface area contributed by atoms with Gasteiger partial charge in [0.2, 0.25) is 11.0 Å². The number of carbonyl (C=O) groups excluding carboxylic acids is 1. The number of rotatable bonds is 6. The number of carbonyl (C=O) groups is 1. The number of aryl methyl sites for hydroxylation is 1. The summed E-state index contributed by atoms with van der Waals surface area (Å²) in [6, 6.07) is 0.467. The Morgan fingerprint density at radius 1 is 1.50 bits per heavy atom.